The van der Waals surface area contributed by atoms with E-state index in [2.05, 4.69) is 36.2 Å². The summed E-state index contributed by atoms with van der Waals surface area (Å²) in [6.45, 7) is 4.48. The van der Waals surface area contributed by atoms with Gasteiger partial charge in [-0.25, -0.2) is 0 Å². The third kappa shape index (κ3) is 3.60. The number of carbonyl (C=O) groups is 1. The lowest BCUT2D eigenvalue weighted by atomic mass is 9.72. The lowest BCUT2D eigenvalue weighted by Crippen LogP contribution is -2.31. The standard InChI is InChI=1S/C17H25NO2/c1-3-20-16(19)14-17(15-8-5-4-6-9-15)10-7-12-18(2)13-11-17/h4-6,8-9H,3,7,10-14H2,1-2H3. The minimum Gasteiger partial charge on any atom is -0.466 e. The molecule has 0 radical (unpaired) electrons. The molecule has 1 fully saturated rings. The second kappa shape index (κ2) is 6.89. The first-order chi connectivity index (χ1) is 9.66. The van der Waals surface area contributed by atoms with Crippen molar-refractivity contribution in [2.75, 3.05) is 26.7 Å². The van der Waals surface area contributed by atoms with Crippen molar-refractivity contribution in [2.24, 2.45) is 0 Å². The van der Waals surface area contributed by atoms with Crippen molar-refractivity contribution in [1.29, 1.82) is 0 Å². The molecule has 0 spiro atoms. The van der Waals surface area contributed by atoms with E-state index in [9.17, 15) is 4.79 Å². The Balaban J connectivity index is 2.25. The molecule has 1 atom stereocenters. The predicted octanol–water partition coefficient (Wildman–Crippen LogP) is 2.99. The van der Waals surface area contributed by atoms with Crippen molar-refractivity contribution >= 4 is 5.97 Å². The van der Waals surface area contributed by atoms with E-state index in [1.54, 1.807) is 0 Å². The van der Waals surface area contributed by atoms with Crippen LogP contribution in [-0.4, -0.2) is 37.6 Å². The van der Waals surface area contributed by atoms with E-state index >= 15 is 0 Å². The summed E-state index contributed by atoms with van der Waals surface area (Å²) in [7, 11) is 2.16. The maximum Gasteiger partial charge on any atom is 0.306 e. The minimum atomic E-state index is -0.0686. The zero-order valence-corrected chi connectivity index (χ0v) is 12.6. The van der Waals surface area contributed by atoms with Crippen molar-refractivity contribution in [3.05, 3.63) is 35.9 Å². The quantitative estimate of drug-likeness (QED) is 0.791. The van der Waals surface area contributed by atoms with Gasteiger partial charge in [0.05, 0.1) is 13.0 Å². The highest BCUT2D eigenvalue weighted by molar-refractivity contribution is 5.71. The molecule has 0 amide bonds. The molecule has 1 aliphatic heterocycles. The van der Waals surface area contributed by atoms with Crippen molar-refractivity contribution in [2.45, 2.75) is 38.0 Å². The summed E-state index contributed by atoms with van der Waals surface area (Å²) in [6, 6.07) is 10.5. The van der Waals surface area contributed by atoms with E-state index in [-0.39, 0.29) is 11.4 Å². The van der Waals surface area contributed by atoms with Crippen molar-refractivity contribution in [3.8, 4) is 0 Å². The lowest BCUT2D eigenvalue weighted by Gasteiger charge is -2.32. The van der Waals surface area contributed by atoms with Crippen LogP contribution in [0.25, 0.3) is 0 Å². The molecule has 1 aromatic rings. The first-order valence-electron chi connectivity index (χ1n) is 7.56. The number of ether oxygens (including phenoxy) is 1. The Morgan fingerprint density at radius 3 is 2.70 bits per heavy atom. The summed E-state index contributed by atoms with van der Waals surface area (Å²) in [4.78, 5) is 14.4. The number of hydrogen-bond donors (Lipinski definition) is 0. The van der Waals surface area contributed by atoms with Crippen LogP contribution in [0.2, 0.25) is 0 Å². The highest BCUT2D eigenvalue weighted by Crippen LogP contribution is 2.38. The second-order valence-electron chi connectivity index (χ2n) is 5.78. The molecular weight excluding hydrogens is 250 g/mol. The average Bonchev–Trinajstić information content (AvgIpc) is 2.63. The van der Waals surface area contributed by atoms with E-state index in [0.717, 1.165) is 32.4 Å². The summed E-state index contributed by atoms with van der Waals surface area (Å²) in [5, 5.41) is 0. The van der Waals surface area contributed by atoms with Gasteiger partial charge in [-0.05, 0) is 51.9 Å². The molecule has 2 rings (SSSR count). The highest BCUT2D eigenvalue weighted by atomic mass is 16.5. The zero-order chi connectivity index (χ0) is 14.4. The molecule has 0 N–H and O–H groups in total. The smallest absolute Gasteiger partial charge is 0.306 e. The molecule has 0 aromatic heterocycles. The van der Waals surface area contributed by atoms with Crippen LogP contribution >= 0.6 is 0 Å². The molecule has 3 nitrogen and oxygen atoms in total. The van der Waals surface area contributed by atoms with Gasteiger partial charge in [-0.3, -0.25) is 4.79 Å². The number of hydrogen-bond acceptors (Lipinski definition) is 3. The molecule has 1 unspecified atom stereocenters. The Bertz CT molecular complexity index is 432. The molecule has 0 aliphatic carbocycles. The van der Waals surface area contributed by atoms with Crippen LogP contribution in [0, 0.1) is 0 Å². The SMILES string of the molecule is CCOC(=O)CC1(c2ccccc2)CCCN(C)CC1. The molecule has 0 bridgehead atoms. The van der Waals surface area contributed by atoms with Crippen LogP contribution in [0.15, 0.2) is 30.3 Å². The Morgan fingerprint density at radius 1 is 1.25 bits per heavy atom. The average molecular weight is 275 g/mol. The third-order valence-corrected chi connectivity index (χ3v) is 4.34. The van der Waals surface area contributed by atoms with Crippen LogP contribution < -0.4 is 0 Å². The van der Waals surface area contributed by atoms with E-state index < -0.39 is 0 Å². The first kappa shape index (κ1) is 15.0. The molecular formula is C17H25NO2. The third-order valence-electron chi connectivity index (χ3n) is 4.34. The van der Waals surface area contributed by atoms with Gasteiger partial charge in [-0.1, -0.05) is 30.3 Å². The van der Waals surface area contributed by atoms with E-state index in [0.29, 0.717) is 13.0 Å². The van der Waals surface area contributed by atoms with Gasteiger partial charge < -0.3 is 9.64 Å². The van der Waals surface area contributed by atoms with Gasteiger partial charge in [0.2, 0.25) is 0 Å². The van der Waals surface area contributed by atoms with Crippen molar-refractivity contribution < 1.29 is 9.53 Å². The summed E-state index contributed by atoms with van der Waals surface area (Å²) in [6.07, 6.45) is 3.70. The van der Waals surface area contributed by atoms with Crippen LogP contribution in [0.1, 0.15) is 38.2 Å². The molecule has 1 aromatic carbocycles. The maximum atomic E-state index is 12.0. The van der Waals surface area contributed by atoms with E-state index in [4.69, 9.17) is 4.74 Å². The molecule has 20 heavy (non-hydrogen) atoms. The Morgan fingerprint density at radius 2 is 2.00 bits per heavy atom. The monoisotopic (exact) mass is 275 g/mol. The number of esters is 1. The van der Waals surface area contributed by atoms with Gasteiger partial charge >= 0.3 is 5.97 Å². The fraction of sp³-hybridized carbons (Fsp3) is 0.588. The van der Waals surface area contributed by atoms with Crippen LogP contribution in [0.5, 0.6) is 0 Å². The largest absolute Gasteiger partial charge is 0.466 e. The normalized spacial score (nSPS) is 24.1. The Kier molecular flexibility index (Phi) is 5.18. The van der Waals surface area contributed by atoms with Crippen LogP contribution in [0.4, 0.5) is 0 Å². The molecule has 1 saturated heterocycles. The van der Waals surface area contributed by atoms with Gasteiger partial charge in [0, 0.05) is 5.41 Å². The second-order valence-corrected chi connectivity index (χ2v) is 5.78. The Hall–Kier alpha value is -1.35. The van der Waals surface area contributed by atoms with Crippen molar-refractivity contribution in [3.63, 3.8) is 0 Å². The van der Waals surface area contributed by atoms with Gasteiger partial charge in [0.25, 0.3) is 0 Å². The maximum absolute atomic E-state index is 12.0. The number of benzene rings is 1. The number of carbonyl (C=O) groups excluding carboxylic acids is 1. The molecule has 3 heteroatoms. The zero-order valence-electron chi connectivity index (χ0n) is 12.6. The predicted molar refractivity (Wildman–Crippen MR) is 80.7 cm³/mol. The van der Waals surface area contributed by atoms with Gasteiger partial charge in [-0.2, -0.15) is 0 Å². The van der Waals surface area contributed by atoms with Crippen LogP contribution in [-0.2, 0) is 14.9 Å². The fourth-order valence-electron chi connectivity index (χ4n) is 3.18. The topological polar surface area (TPSA) is 29.5 Å². The number of likely N-dealkylation sites (tertiary alicyclic amines) is 1. The summed E-state index contributed by atoms with van der Waals surface area (Å²) < 4.78 is 5.21. The molecule has 0 saturated carbocycles. The van der Waals surface area contributed by atoms with Gasteiger partial charge in [0.15, 0.2) is 0 Å². The minimum absolute atomic E-state index is 0.0573. The summed E-state index contributed by atoms with van der Waals surface area (Å²) in [5.41, 5.74) is 1.22. The first-order valence-corrected chi connectivity index (χ1v) is 7.56. The van der Waals surface area contributed by atoms with E-state index in [1.807, 2.05) is 13.0 Å². The molecule has 1 aliphatic rings. The number of rotatable bonds is 4. The Labute approximate surface area is 121 Å². The molecule has 110 valence electrons. The fourth-order valence-corrected chi connectivity index (χ4v) is 3.18. The van der Waals surface area contributed by atoms with Crippen LogP contribution in [0.3, 0.4) is 0 Å². The van der Waals surface area contributed by atoms with Gasteiger partial charge in [0.1, 0.15) is 0 Å². The highest BCUT2D eigenvalue weighted by Gasteiger charge is 2.36. The van der Waals surface area contributed by atoms with Gasteiger partial charge in [-0.15, -0.1) is 0 Å². The van der Waals surface area contributed by atoms with Crippen molar-refractivity contribution in [1.82, 2.24) is 4.90 Å². The lowest BCUT2D eigenvalue weighted by molar-refractivity contribution is -0.144. The molecule has 1 heterocycles. The number of nitrogens with zero attached hydrogens (tertiary/aromatic N) is 1. The summed E-state index contributed by atoms with van der Waals surface area (Å²) >= 11 is 0. The van der Waals surface area contributed by atoms with E-state index in [1.165, 1.54) is 5.56 Å². The summed E-state index contributed by atoms with van der Waals surface area (Å²) in [5.74, 6) is -0.0686.